The second-order valence-electron chi connectivity index (χ2n) is 4.50. The van der Waals surface area contributed by atoms with Crippen molar-refractivity contribution in [2.75, 3.05) is 5.32 Å². The standard InChI is InChI=1S/C13H12F2N2O4S/c1-8-6-11(17-21-8)16-12(18)7-9-2-4-10(5-3-9)22(19,20)13(14)15/h2-6,13H,7H2,1H3,(H,16,17,18). The van der Waals surface area contributed by atoms with Gasteiger partial charge < -0.3 is 9.84 Å². The number of hydrogen-bond donors (Lipinski definition) is 1. The second kappa shape index (κ2) is 6.22. The Hall–Kier alpha value is -2.29. The maximum absolute atomic E-state index is 12.4. The van der Waals surface area contributed by atoms with Crippen molar-refractivity contribution in [2.45, 2.75) is 24.0 Å². The van der Waals surface area contributed by atoms with Gasteiger partial charge in [0.05, 0.1) is 11.3 Å². The normalized spacial score (nSPS) is 11.6. The summed E-state index contributed by atoms with van der Waals surface area (Å²) in [6, 6.07) is 6.25. The fourth-order valence-electron chi connectivity index (χ4n) is 1.70. The third-order valence-electron chi connectivity index (χ3n) is 2.75. The summed E-state index contributed by atoms with van der Waals surface area (Å²) in [6.07, 6.45) is -0.0546. The zero-order chi connectivity index (χ0) is 16.3. The molecule has 0 unspecified atom stereocenters. The van der Waals surface area contributed by atoms with Gasteiger partial charge in [0.1, 0.15) is 5.76 Å². The minimum absolute atomic E-state index is 0.0546. The number of aryl methyl sites for hydroxylation is 1. The van der Waals surface area contributed by atoms with Gasteiger partial charge in [0.25, 0.3) is 0 Å². The van der Waals surface area contributed by atoms with E-state index in [-0.39, 0.29) is 12.2 Å². The van der Waals surface area contributed by atoms with Crippen LogP contribution in [0.5, 0.6) is 0 Å². The Balaban J connectivity index is 2.04. The molecule has 2 aromatic rings. The summed E-state index contributed by atoms with van der Waals surface area (Å²) >= 11 is 0. The third-order valence-corrected chi connectivity index (χ3v) is 4.14. The average molecular weight is 330 g/mol. The van der Waals surface area contributed by atoms with E-state index in [0.29, 0.717) is 11.3 Å². The van der Waals surface area contributed by atoms with Crippen LogP contribution in [0, 0.1) is 6.92 Å². The van der Waals surface area contributed by atoms with Crippen molar-refractivity contribution in [1.29, 1.82) is 0 Å². The van der Waals surface area contributed by atoms with Gasteiger partial charge in [-0.25, -0.2) is 8.42 Å². The quantitative estimate of drug-likeness (QED) is 0.907. The first kappa shape index (κ1) is 16.1. The Morgan fingerprint density at radius 3 is 2.45 bits per heavy atom. The number of amides is 1. The minimum atomic E-state index is -4.62. The Morgan fingerprint density at radius 1 is 1.32 bits per heavy atom. The molecule has 9 heteroatoms. The van der Waals surface area contributed by atoms with Gasteiger partial charge in [-0.3, -0.25) is 4.79 Å². The highest BCUT2D eigenvalue weighted by molar-refractivity contribution is 7.91. The van der Waals surface area contributed by atoms with Crippen LogP contribution < -0.4 is 5.32 Å². The first-order valence-corrected chi connectivity index (χ1v) is 7.68. The number of rotatable bonds is 5. The molecule has 0 aliphatic carbocycles. The summed E-state index contributed by atoms with van der Waals surface area (Å²) in [5, 5.41) is 6.09. The van der Waals surface area contributed by atoms with E-state index in [9.17, 15) is 22.0 Å². The lowest BCUT2D eigenvalue weighted by atomic mass is 10.1. The third kappa shape index (κ3) is 3.67. The Kier molecular flexibility index (Phi) is 4.55. The van der Waals surface area contributed by atoms with Crippen LogP contribution in [0.4, 0.5) is 14.6 Å². The molecule has 0 bridgehead atoms. The summed E-state index contributed by atoms with van der Waals surface area (Å²) < 4.78 is 52.1. The molecule has 2 rings (SSSR count). The molecule has 0 aliphatic heterocycles. The number of aromatic nitrogens is 1. The summed E-state index contributed by atoms with van der Waals surface area (Å²) in [5.41, 5.74) is 0.478. The zero-order valence-corrected chi connectivity index (χ0v) is 12.2. The molecule has 118 valence electrons. The van der Waals surface area contributed by atoms with Gasteiger partial charge in [0.2, 0.25) is 15.7 Å². The van der Waals surface area contributed by atoms with E-state index in [1.54, 1.807) is 6.92 Å². The van der Waals surface area contributed by atoms with E-state index in [1.807, 2.05) is 0 Å². The van der Waals surface area contributed by atoms with Gasteiger partial charge in [-0.05, 0) is 24.6 Å². The Morgan fingerprint density at radius 2 is 1.95 bits per heavy atom. The van der Waals surface area contributed by atoms with Crippen molar-refractivity contribution in [3.63, 3.8) is 0 Å². The van der Waals surface area contributed by atoms with Crippen LogP contribution in [-0.2, 0) is 21.1 Å². The Bertz CT molecular complexity index is 770. The van der Waals surface area contributed by atoms with Crippen LogP contribution in [0.3, 0.4) is 0 Å². The first-order chi connectivity index (χ1) is 10.3. The van der Waals surface area contributed by atoms with Crippen molar-refractivity contribution in [3.05, 3.63) is 41.7 Å². The molecular weight excluding hydrogens is 318 g/mol. The lowest BCUT2D eigenvalue weighted by molar-refractivity contribution is -0.115. The number of carbonyl (C=O) groups excluding carboxylic acids is 1. The van der Waals surface area contributed by atoms with Gasteiger partial charge in [-0.2, -0.15) is 8.78 Å². The van der Waals surface area contributed by atoms with E-state index < -0.39 is 26.4 Å². The smallest absolute Gasteiger partial charge is 0.341 e. The van der Waals surface area contributed by atoms with Crippen molar-refractivity contribution < 1.29 is 26.5 Å². The number of benzene rings is 1. The number of halogens is 2. The second-order valence-corrected chi connectivity index (χ2v) is 6.42. The van der Waals surface area contributed by atoms with E-state index >= 15 is 0 Å². The fraction of sp³-hybridized carbons (Fsp3) is 0.231. The average Bonchev–Trinajstić information content (AvgIpc) is 2.84. The van der Waals surface area contributed by atoms with Crippen molar-refractivity contribution in [1.82, 2.24) is 5.16 Å². The minimum Gasteiger partial charge on any atom is -0.360 e. The predicted octanol–water partition coefficient (Wildman–Crippen LogP) is 2.16. The van der Waals surface area contributed by atoms with Crippen molar-refractivity contribution in [3.8, 4) is 0 Å². The number of sulfone groups is 1. The molecule has 0 saturated heterocycles. The lowest BCUT2D eigenvalue weighted by Gasteiger charge is -2.05. The number of anilines is 1. The van der Waals surface area contributed by atoms with Gasteiger partial charge >= 0.3 is 5.76 Å². The van der Waals surface area contributed by atoms with Crippen LogP contribution >= 0.6 is 0 Å². The largest absolute Gasteiger partial charge is 0.360 e. The molecule has 1 aromatic heterocycles. The highest BCUT2D eigenvalue weighted by atomic mass is 32.2. The molecule has 1 amide bonds. The fourth-order valence-corrected chi connectivity index (χ4v) is 2.42. The SMILES string of the molecule is Cc1cc(NC(=O)Cc2ccc(S(=O)(=O)C(F)F)cc2)no1. The summed E-state index contributed by atoms with van der Waals surface area (Å²) in [6.45, 7) is 1.67. The molecule has 0 fully saturated rings. The molecule has 1 N–H and O–H groups in total. The van der Waals surface area contributed by atoms with Crippen molar-refractivity contribution >= 4 is 21.6 Å². The number of alkyl halides is 2. The van der Waals surface area contributed by atoms with E-state index in [0.717, 1.165) is 12.1 Å². The summed E-state index contributed by atoms with van der Waals surface area (Å²) in [5.74, 6) is -3.06. The lowest BCUT2D eigenvalue weighted by Crippen LogP contribution is -2.15. The van der Waals surface area contributed by atoms with E-state index in [2.05, 4.69) is 10.5 Å². The van der Waals surface area contributed by atoms with Crippen LogP contribution in [0.15, 0.2) is 39.8 Å². The van der Waals surface area contributed by atoms with Crippen LogP contribution in [0.25, 0.3) is 0 Å². The molecule has 22 heavy (non-hydrogen) atoms. The number of nitrogens with zero attached hydrogens (tertiary/aromatic N) is 1. The maximum atomic E-state index is 12.4. The van der Waals surface area contributed by atoms with Crippen LogP contribution in [0.2, 0.25) is 0 Å². The topological polar surface area (TPSA) is 89.3 Å². The molecule has 0 spiro atoms. The maximum Gasteiger partial charge on any atom is 0.341 e. The molecule has 0 saturated carbocycles. The number of carbonyl (C=O) groups is 1. The molecule has 1 heterocycles. The highest BCUT2D eigenvalue weighted by Gasteiger charge is 2.26. The van der Waals surface area contributed by atoms with Gasteiger partial charge in [-0.1, -0.05) is 17.3 Å². The number of hydrogen-bond acceptors (Lipinski definition) is 5. The Labute approximate surface area is 125 Å². The van der Waals surface area contributed by atoms with Crippen LogP contribution in [0.1, 0.15) is 11.3 Å². The summed E-state index contributed by atoms with van der Waals surface area (Å²) in [7, 11) is -4.62. The van der Waals surface area contributed by atoms with Gasteiger partial charge in [0.15, 0.2) is 5.82 Å². The summed E-state index contributed by atoms with van der Waals surface area (Å²) in [4.78, 5) is 11.3. The van der Waals surface area contributed by atoms with Crippen molar-refractivity contribution in [2.24, 2.45) is 0 Å². The first-order valence-electron chi connectivity index (χ1n) is 6.13. The van der Waals surface area contributed by atoms with Crippen LogP contribution in [-0.4, -0.2) is 25.2 Å². The van der Waals surface area contributed by atoms with Gasteiger partial charge in [0, 0.05) is 6.07 Å². The molecular formula is C13H12F2N2O4S. The highest BCUT2D eigenvalue weighted by Crippen LogP contribution is 2.19. The van der Waals surface area contributed by atoms with Gasteiger partial charge in [-0.15, -0.1) is 0 Å². The number of nitrogens with one attached hydrogen (secondary N) is 1. The molecule has 0 radical (unpaired) electrons. The monoisotopic (exact) mass is 330 g/mol. The molecule has 1 aromatic carbocycles. The van der Waals surface area contributed by atoms with E-state index in [1.165, 1.54) is 18.2 Å². The molecule has 6 nitrogen and oxygen atoms in total. The zero-order valence-electron chi connectivity index (χ0n) is 11.4. The predicted molar refractivity (Wildman–Crippen MR) is 73.2 cm³/mol. The molecule has 0 aliphatic rings. The van der Waals surface area contributed by atoms with E-state index in [4.69, 9.17) is 4.52 Å². The molecule has 0 atom stereocenters.